The van der Waals surface area contributed by atoms with E-state index >= 15 is 0 Å². The molecule has 78 valence electrons. The summed E-state index contributed by atoms with van der Waals surface area (Å²) in [5.41, 5.74) is 2.45. The summed E-state index contributed by atoms with van der Waals surface area (Å²) in [4.78, 5) is 8.72. The predicted molar refractivity (Wildman–Crippen MR) is 59.2 cm³/mol. The molecular formula is C12H20N2. The SMILES string of the molecule is CC.CC1CCCc2nccnc2C1. The molecule has 2 heteroatoms. The summed E-state index contributed by atoms with van der Waals surface area (Å²) >= 11 is 0. The second kappa shape index (κ2) is 5.74. The van der Waals surface area contributed by atoms with Crippen molar-refractivity contribution in [1.29, 1.82) is 0 Å². The largest absolute Gasteiger partial charge is 0.258 e. The fraction of sp³-hybridized carbons (Fsp3) is 0.667. The van der Waals surface area contributed by atoms with Crippen LogP contribution in [0.2, 0.25) is 0 Å². The van der Waals surface area contributed by atoms with Crippen molar-refractivity contribution >= 4 is 0 Å². The minimum absolute atomic E-state index is 0.781. The van der Waals surface area contributed by atoms with Crippen LogP contribution >= 0.6 is 0 Å². The molecule has 1 aliphatic rings. The molecule has 1 heterocycles. The highest BCUT2D eigenvalue weighted by atomic mass is 14.8. The number of hydrogen-bond acceptors (Lipinski definition) is 2. The molecule has 1 atom stereocenters. The van der Waals surface area contributed by atoms with E-state index in [-0.39, 0.29) is 0 Å². The first-order valence-electron chi connectivity index (χ1n) is 5.65. The third-order valence-corrected chi connectivity index (χ3v) is 2.51. The molecule has 14 heavy (non-hydrogen) atoms. The molecule has 0 amide bonds. The Morgan fingerprint density at radius 1 is 1.14 bits per heavy atom. The van der Waals surface area contributed by atoms with Crippen LogP contribution in [0.1, 0.15) is 45.0 Å². The van der Waals surface area contributed by atoms with Gasteiger partial charge in [-0.1, -0.05) is 20.8 Å². The first kappa shape index (κ1) is 11.2. The van der Waals surface area contributed by atoms with Crippen LogP contribution in [0.15, 0.2) is 12.4 Å². The number of nitrogens with zero attached hydrogens (tertiary/aromatic N) is 2. The van der Waals surface area contributed by atoms with Gasteiger partial charge in [0.1, 0.15) is 0 Å². The summed E-state index contributed by atoms with van der Waals surface area (Å²) in [7, 11) is 0. The average Bonchev–Trinajstić information content (AvgIpc) is 2.41. The summed E-state index contributed by atoms with van der Waals surface area (Å²) in [6, 6.07) is 0. The van der Waals surface area contributed by atoms with Gasteiger partial charge in [-0.05, 0) is 31.6 Å². The van der Waals surface area contributed by atoms with Gasteiger partial charge in [0.15, 0.2) is 0 Å². The third kappa shape index (κ3) is 2.79. The molecular weight excluding hydrogens is 172 g/mol. The molecule has 2 nitrogen and oxygen atoms in total. The average molecular weight is 192 g/mol. The van der Waals surface area contributed by atoms with Crippen LogP contribution in [-0.4, -0.2) is 9.97 Å². The monoisotopic (exact) mass is 192 g/mol. The van der Waals surface area contributed by atoms with Crippen LogP contribution < -0.4 is 0 Å². The summed E-state index contributed by atoms with van der Waals surface area (Å²) < 4.78 is 0. The Morgan fingerprint density at radius 2 is 1.79 bits per heavy atom. The zero-order valence-electron chi connectivity index (χ0n) is 9.45. The molecule has 1 aromatic heterocycles. The Kier molecular flexibility index (Phi) is 4.57. The van der Waals surface area contributed by atoms with Gasteiger partial charge in [-0.25, -0.2) is 0 Å². The van der Waals surface area contributed by atoms with Gasteiger partial charge < -0.3 is 0 Å². The Balaban J connectivity index is 0.000000461. The normalized spacial score (nSPS) is 20.1. The van der Waals surface area contributed by atoms with Crippen molar-refractivity contribution in [1.82, 2.24) is 9.97 Å². The van der Waals surface area contributed by atoms with Gasteiger partial charge in [0, 0.05) is 12.4 Å². The molecule has 0 fully saturated rings. The Morgan fingerprint density at radius 3 is 2.50 bits per heavy atom. The van der Waals surface area contributed by atoms with E-state index in [1.54, 1.807) is 12.4 Å². The van der Waals surface area contributed by atoms with E-state index in [1.807, 2.05) is 13.8 Å². The van der Waals surface area contributed by atoms with Crippen molar-refractivity contribution < 1.29 is 0 Å². The molecule has 0 aromatic carbocycles. The van der Waals surface area contributed by atoms with E-state index < -0.39 is 0 Å². The highest BCUT2D eigenvalue weighted by Crippen LogP contribution is 2.20. The Hall–Kier alpha value is -0.920. The zero-order valence-corrected chi connectivity index (χ0v) is 9.45. The maximum absolute atomic E-state index is 4.37. The van der Waals surface area contributed by atoms with E-state index in [2.05, 4.69) is 16.9 Å². The summed E-state index contributed by atoms with van der Waals surface area (Å²) in [6.07, 6.45) is 8.42. The summed E-state index contributed by atoms with van der Waals surface area (Å²) in [6.45, 7) is 6.30. The predicted octanol–water partition coefficient (Wildman–Crippen LogP) is 3.02. The second-order valence-electron chi connectivity index (χ2n) is 3.65. The zero-order chi connectivity index (χ0) is 10.4. The molecule has 1 unspecified atom stereocenters. The maximum atomic E-state index is 4.37. The van der Waals surface area contributed by atoms with Gasteiger partial charge in [0.2, 0.25) is 0 Å². The van der Waals surface area contributed by atoms with E-state index in [1.165, 1.54) is 24.2 Å². The number of aromatic nitrogens is 2. The van der Waals surface area contributed by atoms with Crippen LogP contribution in [-0.2, 0) is 12.8 Å². The Bertz CT molecular complexity index is 271. The molecule has 1 aromatic rings. The van der Waals surface area contributed by atoms with Crippen LogP contribution in [0.5, 0.6) is 0 Å². The fourth-order valence-corrected chi connectivity index (χ4v) is 1.83. The van der Waals surface area contributed by atoms with Gasteiger partial charge in [-0.15, -0.1) is 0 Å². The van der Waals surface area contributed by atoms with E-state index in [0.29, 0.717) is 0 Å². The number of rotatable bonds is 0. The lowest BCUT2D eigenvalue weighted by atomic mass is 10.0. The molecule has 1 aliphatic carbocycles. The lowest BCUT2D eigenvalue weighted by molar-refractivity contribution is 0.523. The molecule has 0 N–H and O–H groups in total. The highest BCUT2D eigenvalue weighted by molar-refractivity contribution is 5.12. The lowest BCUT2D eigenvalue weighted by Crippen LogP contribution is -2.01. The minimum Gasteiger partial charge on any atom is -0.258 e. The van der Waals surface area contributed by atoms with E-state index in [0.717, 1.165) is 18.8 Å². The molecule has 0 saturated carbocycles. The van der Waals surface area contributed by atoms with Crippen molar-refractivity contribution in [3.63, 3.8) is 0 Å². The highest BCUT2D eigenvalue weighted by Gasteiger charge is 2.14. The fourth-order valence-electron chi connectivity index (χ4n) is 1.83. The summed E-state index contributed by atoms with van der Waals surface area (Å²) in [5.74, 6) is 0.781. The van der Waals surface area contributed by atoms with Gasteiger partial charge >= 0.3 is 0 Å². The molecule has 0 aliphatic heterocycles. The van der Waals surface area contributed by atoms with Crippen molar-refractivity contribution in [3.05, 3.63) is 23.8 Å². The van der Waals surface area contributed by atoms with Crippen molar-refractivity contribution in [2.24, 2.45) is 5.92 Å². The second-order valence-corrected chi connectivity index (χ2v) is 3.65. The number of fused-ring (bicyclic) bond motifs is 1. The summed E-state index contributed by atoms with van der Waals surface area (Å²) in [5, 5.41) is 0. The quantitative estimate of drug-likeness (QED) is 0.590. The van der Waals surface area contributed by atoms with Crippen LogP contribution in [0.25, 0.3) is 0 Å². The number of hydrogen-bond donors (Lipinski definition) is 0. The first-order valence-corrected chi connectivity index (χ1v) is 5.65. The van der Waals surface area contributed by atoms with Crippen molar-refractivity contribution in [2.75, 3.05) is 0 Å². The van der Waals surface area contributed by atoms with Crippen LogP contribution in [0, 0.1) is 5.92 Å². The first-order chi connectivity index (χ1) is 6.86. The molecule has 0 radical (unpaired) electrons. The van der Waals surface area contributed by atoms with Gasteiger partial charge in [0.05, 0.1) is 11.4 Å². The third-order valence-electron chi connectivity index (χ3n) is 2.51. The minimum atomic E-state index is 0.781. The smallest absolute Gasteiger partial charge is 0.0621 e. The molecule has 0 bridgehead atoms. The van der Waals surface area contributed by atoms with Crippen molar-refractivity contribution in [3.8, 4) is 0 Å². The van der Waals surface area contributed by atoms with Crippen LogP contribution in [0.3, 0.4) is 0 Å². The Labute approximate surface area is 86.8 Å². The maximum Gasteiger partial charge on any atom is 0.0621 e. The topological polar surface area (TPSA) is 25.8 Å². The molecule has 0 saturated heterocycles. The van der Waals surface area contributed by atoms with Gasteiger partial charge in [-0.2, -0.15) is 0 Å². The van der Waals surface area contributed by atoms with E-state index in [9.17, 15) is 0 Å². The van der Waals surface area contributed by atoms with E-state index in [4.69, 9.17) is 0 Å². The standard InChI is InChI=1S/C10H14N2.C2H6/c1-8-3-2-4-9-10(7-8)12-6-5-11-9;1-2/h5-6,8H,2-4,7H2,1H3;1-2H3. The lowest BCUT2D eigenvalue weighted by Gasteiger charge is -2.05. The van der Waals surface area contributed by atoms with Gasteiger partial charge in [0.25, 0.3) is 0 Å². The van der Waals surface area contributed by atoms with Crippen molar-refractivity contribution in [2.45, 2.75) is 46.5 Å². The van der Waals surface area contributed by atoms with Gasteiger partial charge in [-0.3, -0.25) is 9.97 Å². The number of aryl methyl sites for hydroxylation is 1. The molecule has 0 spiro atoms. The molecule has 2 rings (SSSR count). The van der Waals surface area contributed by atoms with Crippen LogP contribution in [0.4, 0.5) is 0 Å².